The highest BCUT2D eigenvalue weighted by Crippen LogP contribution is 2.65. The monoisotopic (exact) mass is 705 g/mol. The molecule has 1 saturated heterocycles. The van der Waals surface area contributed by atoms with Gasteiger partial charge in [0.25, 0.3) is 5.91 Å². The van der Waals surface area contributed by atoms with Crippen molar-refractivity contribution in [1.29, 1.82) is 0 Å². The molecule has 3 fully saturated rings. The molecular formula is C34H45Cl2N5O7. The molecule has 48 heavy (non-hydrogen) atoms. The van der Waals surface area contributed by atoms with E-state index in [1.54, 1.807) is 34.6 Å². The quantitative estimate of drug-likeness (QED) is 0.147. The first kappa shape index (κ1) is 35.9. The second-order valence-corrected chi connectivity index (χ2v) is 16.5. The molecule has 14 heteroatoms. The van der Waals surface area contributed by atoms with Crippen LogP contribution >= 0.6 is 23.2 Å². The number of fused-ring (bicyclic) bond motifs is 2. The van der Waals surface area contributed by atoms with Crippen LogP contribution in [0.5, 0.6) is 0 Å². The Morgan fingerprint density at radius 2 is 1.60 bits per heavy atom. The van der Waals surface area contributed by atoms with E-state index in [4.69, 9.17) is 33.7 Å². The normalized spacial score (nSPS) is 24.5. The number of Topliss-reactive ketones (excluding diaryl/α,β-unsaturated/α-hetero) is 1. The first-order valence-electron chi connectivity index (χ1n) is 16.6. The number of nitrogens with zero attached hydrogens (tertiary/aromatic N) is 1. The number of amides is 5. The Hall–Kier alpha value is -3.38. The largest absolute Gasteiger partial charge is 0.460 e. The number of rotatable bonds is 12. The maximum Gasteiger partial charge on any atom is 0.329 e. The van der Waals surface area contributed by atoms with Gasteiger partial charge in [-0.2, -0.15) is 0 Å². The number of nitrogens with one attached hydrogen (secondary N) is 3. The van der Waals surface area contributed by atoms with E-state index in [0.29, 0.717) is 12.8 Å². The van der Waals surface area contributed by atoms with Crippen molar-refractivity contribution in [2.75, 3.05) is 6.54 Å². The van der Waals surface area contributed by atoms with Crippen LogP contribution in [0.2, 0.25) is 0 Å². The van der Waals surface area contributed by atoms with Crippen molar-refractivity contribution in [2.45, 2.75) is 101 Å². The molecule has 6 atom stereocenters. The Kier molecular flexibility index (Phi) is 10.1. The average Bonchev–Trinajstić information content (AvgIpc) is 3.76. The van der Waals surface area contributed by atoms with Gasteiger partial charge in [0, 0.05) is 31.2 Å². The van der Waals surface area contributed by atoms with E-state index in [1.807, 2.05) is 24.3 Å². The molecule has 3 aliphatic carbocycles. The van der Waals surface area contributed by atoms with E-state index < -0.39 is 81.3 Å². The number of primary amides is 1. The van der Waals surface area contributed by atoms with Gasteiger partial charge in [-0.15, -0.1) is 23.2 Å². The smallest absolute Gasteiger partial charge is 0.329 e. The molecule has 1 unspecified atom stereocenters. The van der Waals surface area contributed by atoms with Gasteiger partial charge in [-0.3, -0.25) is 19.2 Å². The number of alkyl halides is 2. The number of piperidine rings is 1. The zero-order chi connectivity index (χ0) is 35.3. The molecule has 1 aliphatic heterocycles. The third-order valence-corrected chi connectivity index (χ3v) is 11.0. The van der Waals surface area contributed by atoms with Crippen LogP contribution in [0.15, 0.2) is 24.3 Å². The molecule has 5 rings (SSSR count). The van der Waals surface area contributed by atoms with E-state index >= 15 is 0 Å². The first-order valence-corrected chi connectivity index (χ1v) is 17.3. The molecular weight excluding hydrogens is 661 g/mol. The fourth-order valence-corrected chi connectivity index (χ4v) is 7.77. The minimum atomic E-state index is -1.26. The highest BCUT2D eigenvalue weighted by Gasteiger charge is 2.74. The van der Waals surface area contributed by atoms with Crippen LogP contribution in [-0.2, 0) is 41.6 Å². The Bertz CT molecular complexity index is 1470. The summed E-state index contributed by atoms with van der Waals surface area (Å²) in [5.41, 5.74) is 6.67. The van der Waals surface area contributed by atoms with Gasteiger partial charge in [0.15, 0.2) is 0 Å². The van der Waals surface area contributed by atoms with Gasteiger partial charge < -0.3 is 31.3 Å². The van der Waals surface area contributed by atoms with Gasteiger partial charge in [-0.25, -0.2) is 9.59 Å². The summed E-state index contributed by atoms with van der Waals surface area (Å²) in [5.74, 6) is -5.03. The molecule has 5 N–H and O–H groups in total. The predicted octanol–water partition coefficient (Wildman–Crippen LogP) is 2.41. The Morgan fingerprint density at radius 3 is 2.12 bits per heavy atom. The summed E-state index contributed by atoms with van der Waals surface area (Å²) in [6.07, 6.45) is 2.84. The summed E-state index contributed by atoms with van der Waals surface area (Å²) < 4.78 is 4.55. The van der Waals surface area contributed by atoms with Crippen LogP contribution in [-0.4, -0.2) is 81.6 Å². The summed E-state index contributed by atoms with van der Waals surface area (Å²) in [6.45, 7) is 8.90. The number of halogens is 2. The zero-order valence-electron chi connectivity index (χ0n) is 27.9. The van der Waals surface area contributed by atoms with Crippen molar-refractivity contribution in [3.63, 3.8) is 0 Å². The first-order chi connectivity index (χ1) is 22.4. The lowest BCUT2D eigenvalue weighted by molar-refractivity contribution is -0.152. The van der Waals surface area contributed by atoms with Gasteiger partial charge >= 0.3 is 12.0 Å². The van der Waals surface area contributed by atoms with Crippen molar-refractivity contribution >= 4 is 58.7 Å². The van der Waals surface area contributed by atoms with E-state index in [9.17, 15) is 28.8 Å². The fourth-order valence-electron chi connectivity index (χ4n) is 6.95. The zero-order valence-corrected chi connectivity index (χ0v) is 29.4. The van der Waals surface area contributed by atoms with Crippen molar-refractivity contribution < 1.29 is 33.5 Å². The minimum absolute atomic E-state index is 0.0479. The second-order valence-electron chi connectivity index (χ2n) is 15.1. The fraction of sp³-hybridized carbons (Fsp3) is 0.647. The highest BCUT2D eigenvalue weighted by molar-refractivity contribution is 6.51. The number of urea groups is 1. The highest BCUT2D eigenvalue weighted by atomic mass is 35.5. The van der Waals surface area contributed by atoms with Crippen LogP contribution in [0, 0.1) is 29.1 Å². The second kappa shape index (κ2) is 13.5. The molecule has 12 nitrogen and oxygen atoms in total. The molecule has 5 amide bonds. The average molecular weight is 707 g/mol. The van der Waals surface area contributed by atoms with E-state index in [-0.39, 0.29) is 30.9 Å². The molecule has 0 aromatic heterocycles. The molecule has 1 aromatic rings. The number of ketones is 1. The maximum atomic E-state index is 14.2. The van der Waals surface area contributed by atoms with Crippen molar-refractivity contribution in [3.05, 3.63) is 35.4 Å². The van der Waals surface area contributed by atoms with E-state index in [2.05, 4.69) is 16.0 Å². The molecule has 0 bridgehead atoms. The number of hydrogen-bond acceptors (Lipinski definition) is 7. The van der Waals surface area contributed by atoms with Gasteiger partial charge in [0.05, 0.1) is 6.04 Å². The topological polar surface area (TPSA) is 177 Å². The summed E-state index contributed by atoms with van der Waals surface area (Å²) in [7, 11) is 0. The molecule has 1 heterocycles. The Labute approximate surface area is 290 Å². The maximum absolute atomic E-state index is 14.2. The number of benzene rings is 1. The third-order valence-electron chi connectivity index (χ3n) is 9.92. The SMILES string of the molecule is CC(C)[C@H](NC(=O)N[C@H](C(=O)N1C[C@H]2[C@@H]([C@H]1C(=O)NC(CC1CC1)C(=O)C(N)=O)C2(Cl)Cl)C(C)(C)C)C(=O)OC1Cc2ccccc2C1. The number of likely N-dealkylation sites (tertiary alicyclic amines) is 1. The Morgan fingerprint density at radius 1 is 1.00 bits per heavy atom. The number of carbonyl (C=O) groups excluding carboxylic acids is 6. The van der Waals surface area contributed by atoms with Gasteiger partial charge in [0.1, 0.15) is 28.6 Å². The molecule has 4 aliphatic rings. The minimum Gasteiger partial charge on any atom is -0.460 e. The summed E-state index contributed by atoms with van der Waals surface area (Å²) in [5, 5.41) is 8.08. The van der Waals surface area contributed by atoms with Crippen LogP contribution in [0.25, 0.3) is 0 Å². The lowest BCUT2D eigenvalue weighted by atomic mass is 9.85. The molecule has 2 saturated carbocycles. The van der Waals surface area contributed by atoms with E-state index in [0.717, 1.165) is 24.0 Å². The standard InChI is InChI=1S/C34H45Cl2N5O7/c1-16(2)24(31(46)48-20-13-18-8-6-7-9-19(18)14-20)39-32(47)40-27(33(3,4)5)30(45)41-15-21-23(34(21,35)36)25(41)29(44)38-22(12-17-10-11-17)26(42)28(37)43/h6-9,16-17,20-25,27H,10-15H2,1-5H3,(H2,37,43)(H,38,44)(H2,39,40,47)/t21-,22?,23-,24-,25-,27+/m0/s1. The van der Waals surface area contributed by atoms with Crippen molar-refractivity contribution in [1.82, 2.24) is 20.9 Å². The molecule has 0 spiro atoms. The Balaban J connectivity index is 1.27. The van der Waals surface area contributed by atoms with Crippen LogP contribution < -0.4 is 21.7 Å². The lowest BCUT2D eigenvalue weighted by Crippen LogP contribution is -2.62. The number of esters is 1. The van der Waals surface area contributed by atoms with Crippen molar-refractivity contribution in [2.24, 2.45) is 34.8 Å². The summed E-state index contributed by atoms with van der Waals surface area (Å²) in [4.78, 5) is 80.3. The number of ether oxygens (including phenoxy) is 1. The van der Waals surface area contributed by atoms with Gasteiger partial charge in [-0.1, -0.05) is 71.7 Å². The van der Waals surface area contributed by atoms with Gasteiger partial charge in [-0.05, 0) is 34.8 Å². The van der Waals surface area contributed by atoms with E-state index in [1.165, 1.54) is 4.90 Å². The lowest BCUT2D eigenvalue weighted by Gasteiger charge is -2.37. The predicted molar refractivity (Wildman–Crippen MR) is 178 cm³/mol. The number of nitrogens with two attached hydrogens (primary N) is 1. The molecule has 262 valence electrons. The molecule has 1 aromatic carbocycles. The van der Waals surface area contributed by atoms with Gasteiger partial charge in [0.2, 0.25) is 17.6 Å². The number of carbonyl (C=O) groups is 6. The van der Waals surface area contributed by atoms with Crippen molar-refractivity contribution in [3.8, 4) is 0 Å². The van der Waals surface area contributed by atoms with Crippen LogP contribution in [0.4, 0.5) is 4.79 Å². The molecule has 0 radical (unpaired) electrons. The third kappa shape index (κ3) is 7.59. The van der Waals surface area contributed by atoms with Crippen LogP contribution in [0.1, 0.15) is 65.0 Å². The summed E-state index contributed by atoms with van der Waals surface area (Å²) >= 11 is 13.0. The summed E-state index contributed by atoms with van der Waals surface area (Å²) in [6, 6.07) is 2.74. The number of hydrogen-bond donors (Lipinski definition) is 4. The van der Waals surface area contributed by atoms with Crippen LogP contribution in [0.3, 0.4) is 0 Å².